The topological polar surface area (TPSA) is 96.8 Å². The van der Waals surface area contributed by atoms with Gasteiger partial charge in [-0.05, 0) is 12.5 Å². The second kappa shape index (κ2) is 8.16. The summed E-state index contributed by atoms with van der Waals surface area (Å²) in [6.45, 7) is 1.63. The summed E-state index contributed by atoms with van der Waals surface area (Å²) in [6, 6.07) is 16.6. The van der Waals surface area contributed by atoms with E-state index in [1.165, 1.54) is 12.0 Å². The number of thiazole rings is 1. The molecule has 156 valence electrons. The van der Waals surface area contributed by atoms with Crippen LogP contribution in [0.5, 0.6) is 0 Å². The Bertz CT molecular complexity index is 1200. The van der Waals surface area contributed by atoms with Crippen LogP contribution in [0.25, 0.3) is 5.76 Å². The van der Waals surface area contributed by atoms with Crippen molar-refractivity contribution in [2.45, 2.75) is 13.0 Å². The number of nitrogens with zero attached hydrogens (tertiary/aromatic N) is 2. The van der Waals surface area contributed by atoms with Crippen LogP contribution < -0.4 is 4.90 Å². The summed E-state index contributed by atoms with van der Waals surface area (Å²) in [5.74, 6) is -2.48. The minimum absolute atomic E-state index is 0.0325. The number of anilines is 1. The summed E-state index contributed by atoms with van der Waals surface area (Å²) in [4.78, 5) is 44.0. The van der Waals surface area contributed by atoms with E-state index in [9.17, 15) is 19.5 Å². The lowest BCUT2D eigenvalue weighted by molar-refractivity contribution is -0.132. The number of hydrogen-bond acceptors (Lipinski definition) is 7. The van der Waals surface area contributed by atoms with Crippen LogP contribution in [0.15, 0.2) is 66.2 Å². The van der Waals surface area contributed by atoms with Crippen molar-refractivity contribution in [2.24, 2.45) is 0 Å². The van der Waals surface area contributed by atoms with Crippen molar-refractivity contribution in [1.82, 2.24) is 4.98 Å². The Morgan fingerprint density at radius 3 is 2.29 bits per heavy atom. The molecule has 1 atom stereocenters. The number of aliphatic hydroxyl groups is 1. The standard InChI is InChI=1S/C23H18N2O5S/c1-13-20(22(29)30-2)31-23(24-13)25-17(14-9-5-3-6-10-14)16(19(27)21(25)28)18(26)15-11-7-4-8-12-15/h3-12,17,26H,1-2H3/b18-16+. The van der Waals surface area contributed by atoms with Crippen molar-refractivity contribution in [3.63, 3.8) is 0 Å². The van der Waals surface area contributed by atoms with Crippen LogP contribution >= 0.6 is 11.3 Å². The van der Waals surface area contributed by atoms with Gasteiger partial charge in [-0.2, -0.15) is 0 Å². The SMILES string of the molecule is COC(=O)c1sc(N2C(=O)C(=O)/C(=C(/O)c3ccccc3)C2c2ccccc2)nc1C. The third kappa shape index (κ3) is 3.51. The Morgan fingerprint density at radius 2 is 1.68 bits per heavy atom. The molecule has 0 spiro atoms. The molecule has 1 aliphatic heterocycles. The number of esters is 1. The highest BCUT2D eigenvalue weighted by molar-refractivity contribution is 7.17. The molecule has 31 heavy (non-hydrogen) atoms. The maximum absolute atomic E-state index is 13.1. The average Bonchev–Trinajstić information content (AvgIpc) is 3.31. The molecular formula is C23H18N2O5S. The summed E-state index contributed by atoms with van der Waals surface area (Å²) in [5, 5.41) is 11.2. The number of amides is 1. The quantitative estimate of drug-likeness (QED) is 0.290. The van der Waals surface area contributed by atoms with Crippen molar-refractivity contribution in [1.29, 1.82) is 0 Å². The van der Waals surface area contributed by atoms with Gasteiger partial charge in [0.15, 0.2) is 5.13 Å². The maximum atomic E-state index is 13.1. The predicted octanol–water partition coefficient (Wildman–Crippen LogP) is 3.86. The summed E-state index contributed by atoms with van der Waals surface area (Å²) < 4.78 is 4.78. The molecule has 1 N–H and O–H groups in total. The first-order chi connectivity index (χ1) is 14.9. The zero-order valence-corrected chi connectivity index (χ0v) is 17.6. The molecule has 0 radical (unpaired) electrons. The smallest absolute Gasteiger partial charge is 0.350 e. The van der Waals surface area contributed by atoms with E-state index >= 15 is 0 Å². The first-order valence-corrected chi connectivity index (χ1v) is 10.2. The number of aliphatic hydroxyl groups excluding tert-OH is 1. The van der Waals surface area contributed by atoms with Crippen molar-refractivity contribution in [3.8, 4) is 0 Å². The number of ether oxygens (including phenoxy) is 1. The normalized spacial score (nSPS) is 17.7. The van der Waals surface area contributed by atoms with Gasteiger partial charge in [0.2, 0.25) is 0 Å². The third-order valence-corrected chi connectivity index (χ3v) is 6.11. The van der Waals surface area contributed by atoms with Gasteiger partial charge >= 0.3 is 11.9 Å². The maximum Gasteiger partial charge on any atom is 0.350 e. The molecule has 1 unspecified atom stereocenters. The van der Waals surface area contributed by atoms with Gasteiger partial charge < -0.3 is 9.84 Å². The Balaban J connectivity index is 1.93. The van der Waals surface area contributed by atoms with Crippen molar-refractivity contribution in [3.05, 3.63) is 87.9 Å². The molecule has 2 heterocycles. The molecular weight excluding hydrogens is 416 g/mol. The molecule has 2 aromatic carbocycles. The fourth-order valence-electron chi connectivity index (χ4n) is 3.50. The first kappa shape index (κ1) is 20.5. The number of ketones is 1. The van der Waals surface area contributed by atoms with Gasteiger partial charge in [-0.3, -0.25) is 14.5 Å². The highest BCUT2D eigenvalue weighted by Gasteiger charge is 2.48. The number of methoxy groups -OCH3 is 1. The number of benzene rings is 2. The van der Waals surface area contributed by atoms with E-state index in [1.807, 2.05) is 6.07 Å². The number of carbonyl (C=O) groups excluding carboxylic acids is 3. The lowest BCUT2D eigenvalue weighted by Gasteiger charge is -2.22. The van der Waals surface area contributed by atoms with E-state index in [0.29, 0.717) is 16.8 Å². The van der Waals surface area contributed by atoms with Gasteiger partial charge in [0.05, 0.1) is 24.4 Å². The van der Waals surface area contributed by atoms with Gasteiger partial charge in [0.1, 0.15) is 10.6 Å². The van der Waals surface area contributed by atoms with Gasteiger partial charge in [-0.1, -0.05) is 72.0 Å². The molecule has 1 aromatic heterocycles. The molecule has 0 aliphatic carbocycles. The molecule has 4 rings (SSSR count). The van der Waals surface area contributed by atoms with E-state index in [-0.39, 0.29) is 21.3 Å². The number of hydrogen-bond donors (Lipinski definition) is 1. The number of aromatic nitrogens is 1. The number of carbonyl (C=O) groups is 3. The summed E-state index contributed by atoms with van der Waals surface area (Å²) in [7, 11) is 1.26. The minimum atomic E-state index is -0.891. The third-order valence-electron chi connectivity index (χ3n) is 4.97. The monoisotopic (exact) mass is 434 g/mol. The second-order valence-corrected chi connectivity index (χ2v) is 7.83. The van der Waals surface area contributed by atoms with Crippen LogP contribution in [-0.2, 0) is 14.3 Å². The molecule has 7 nitrogen and oxygen atoms in total. The van der Waals surface area contributed by atoms with Crippen molar-refractivity contribution in [2.75, 3.05) is 12.0 Å². The summed E-state index contributed by atoms with van der Waals surface area (Å²) >= 11 is 0.966. The van der Waals surface area contributed by atoms with Crippen LogP contribution in [0.1, 0.15) is 32.5 Å². The van der Waals surface area contributed by atoms with Crippen LogP contribution in [-0.4, -0.2) is 34.9 Å². The van der Waals surface area contributed by atoms with E-state index in [2.05, 4.69) is 4.98 Å². The molecule has 1 saturated heterocycles. The van der Waals surface area contributed by atoms with Crippen molar-refractivity contribution < 1.29 is 24.2 Å². The number of rotatable bonds is 4. The molecule has 1 fully saturated rings. The van der Waals surface area contributed by atoms with Gasteiger partial charge in [-0.25, -0.2) is 9.78 Å². The predicted molar refractivity (Wildman–Crippen MR) is 116 cm³/mol. The van der Waals surface area contributed by atoms with Crippen molar-refractivity contribution >= 4 is 39.9 Å². The Kier molecular flexibility index (Phi) is 5.39. The first-order valence-electron chi connectivity index (χ1n) is 9.41. The lowest BCUT2D eigenvalue weighted by Crippen LogP contribution is -2.29. The van der Waals surface area contributed by atoms with Gasteiger partial charge in [-0.15, -0.1) is 0 Å². The highest BCUT2D eigenvalue weighted by Crippen LogP contribution is 2.43. The zero-order chi connectivity index (χ0) is 22.1. The molecule has 0 bridgehead atoms. The lowest BCUT2D eigenvalue weighted by atomic mass is 9.95. The Hall–Kier alpha value is -3.78. The Morgan fingerprint density at radius 1 is 1.06 bits per heavy atom. The van der Waals surface area contributed by atoms with Gasteiger partial charge in [0, 0.05) is 5.56 Å². The van der Waals surface area contributed by atoms with Crippen LogP contribution in [0, 0.1) is 6.92 Å². The van der Waals surface area contributed by atoms with Crippen LogP contribution in [0.2, 0.25) is 0 Å². The van der Waals surface area contributed by atoms with E-state index in [1.54, 1.807) is 61.5 Å². The van der Waals surface area contributed by atoms with Crippen LogP contribution in [0.3, 0.4) is 0 Å². The molecule has 8 heteroatoms. The fraction of sp³-hybridized carbons (Fsp3) is 0.130. The second-order valence-electron chi connectivity index (χ2n) is 6.85. The van der Waals surface area contributed by atoms with E-state index < -0.39 is 23.7 Å². The largest absolute Gasteiger partial charge is 0.507 e. The fourth-order valence-corrected chi connectivity index (χ4v) is 4.51. The van der Waals surface area contributed by atoms with Crippen LogP contribution in [0.4, 0.5) is 5.13 Å². The molecule has 1 aliphatic rings. The number of aryl methyl sites for hydroxylation is 1. The molecule has 3 aromatic rings. The summed E-state index contributed by atoms with van der Waals surface area (Å²) in [5.41, 5.74) is 1.41. The number of Topliss-reactive ketones (excluding diaryl/α,β-unsaturated/α-hetero) is 1. The van der Waals surface area contributed by atoms with Gasteiger partial charge in [0.25, 0.3) is 5.78 Å². The zero-order valence-electron chi connectivity index (χ0n) is 16.7. The van der Waals surface area contributed by atoms with E-state index in [4.69, 9.17) is 4.74 Å². The average molecular weight is 434 g/mol. The minimum Gasteiger partial charge on any atom is -0.507 e. The van der Waals surface area contributed by atoms with E-state index in [0.717, 1.165) is 11.3 Å². The highest BCUT2D eigenvalue weighted by atomic mass is 32.1. The Labute approximate surface area is 182 Å². The summed E-state index contributed by atoms with van der Waals surface area (Å²) in [6.07, 6.45) is 0. The molecule has 1 amide bonds. The molecule has 0 saturated carbocycles.